The van der Waals surface area contributed by atoms with Crippen LogP contribution in [0.2, 0.25) is 0 Å². The molecule has 14 heavy (non-hydrogen) atoms. The molecule has 0 saturated carbocycles. The van der Waals surface area contributed by atoms with Crippen LogP contribution in [0.25, 0.3) is 0 Å². The smallest absolute Gasteiger partial charge is 0.244 e. The average molecular weight is 207 g/mol. The van der Waals surface area contributed by atoms with Gasteiger partial charge in [0.1, 0.15) is 5.25 Å². The first-order valence-corrected chi connectivity index (χ1v) is 4.99. The van der Waals surface area contributed by atoms with Crippen LogP contribution in [-0.2, 0) is 4.79 Å². The van der Waals surface area contributed by atoms with Gasteiger partial charge in [0.05, 0.1) is 0 Å². The van der Waals surface area contributed by atoms with Crippen LogP contribution in [0.5, 0.6) is 0 Å². The van der Waals surface area contributed by atoms with E-state index in [2.05, 4.69) is 10.4 Å². The van der Waals surface area contributed by atoms with Gasteiger partial charge in [0.15, 0.2) is 5.17 Å². The molecule has 4 nitrogen and oxygen atoms in total. The Hall–Kier alpha value is -1.49. The quantitative estimate of drug-likeness (QED) is 0.529. The van der Waals surface area contributed by atoms with Crippen molar-refractivity contribution in [2.24, 2.45) is 10.9 Å². The number of hydrazone groups is 1. The topological polar surface area (TPSA) is 67.5 Å². The van der Waals surface area contributed by atoms with E-state index in [0.29, 0.717) is 5.17 Å². The van der Waals surface area contributed by atoms with Crippen LogP contribution in [-0.4, -0.2) is 11.1 Å². The van der Waals surface area contributed by atoms with Crippen LogP contribution in [0.1, 0.15) is 10.8 Å². The van der Waals surface area contributed by atoms with Gasteiger partial charge in [-0.1, -0.05) is 42.1 Å². The third-order valence-corrected chi connectivity index (χ3v) is 3.07. The third-order valence-electron chi connectivity index (χ3n) is 1.92. The van der Waals surface area contributed by atoms with Crippen LogP contribution in [0.3, 0.4) is 0 Å². The molecule has 1 heterocycles. The van der Waals surface area contributed by atoms with Crippen LogP contribution < -0.4 is 11.2 Å². The molecule has 0 bridgehead atoms. The van der Waals surface area contributed by atoms with E-state index in [0.717, 1.165) is 5.56 Å². The number of benzene rings is 1. The highest BCUT2D eigenvalue weighted by Crippen LogP contribution is 2.33. The predicted molar refractivity (Wildman–Crippen MR) is 56.5 cm³/mol. The number of carbonyl (C=O) groups is 1. The minimum absolute atomic E-state index is 0.0644. The van der Waals surface area contributed by atoms with Crippen molar-refractivity contribution < 1.29 is 4.79 Å². The van der Waals surface area contributed by atoms with E-state index in [1.165, 1.54) is 11.8 Å². The van der Waals surface area contributed by atoms with Gasteiger partial charge in [-0.2, -0.15) is 5.10 Å². The molecule has 1 saturated heterocycles. The number of nitrogens with zero attached hydrogens (tertiary/aromatic N) is 1. The maximum atomic E-state index is 11.5. The molecule has 72 valence electrons. The molecule has 1 amide bonds. The molecular weight excluding hydrogens is 198 g/mol. The number of carbonyl (C=O) groups excluding carboxylic acids is 1. The van der Waals surface area contributed by atoms with Gasteiger partial charge >= 0.3 is 0 Å². The monoisotopic (exact) mass is 207 g/mol. The molecule has 5 heteroatoms. The second-order valence-corrected chi connectivity index (χ2v) is 3.93. The van der Waals surface area contributed by atoms with Gasteiger partial charge in [-0.15, -0.1) is 0 Å². The van der Waals surface area contributed by atoms with Crippen molar-refractivity contribution >= 4 is 22.8 Å². The molecular formula is C9H9N3OS. The molecule has 1 aromatic rings. The summed E-state index contributed by atoms with van der Waals surface area (Å²) >= 11 is 1.34. The Labute approximate surface area is 85.6 Å². The van der Waals surface area contributed by atoms with Gasteiger partial charge in [0, 0.05) is 0 Å². The molecule has 0 radical (unpaired) electrons. The first-order valence-electron chi connectivity index (χ1n) is 4.11. The second kappa shape index (κ2) is 3.71. The first-order chi connectivity index (χ1) is 6.81. The second-order valence-electron chi connectivity index (χ2n) is 2.83. The molecule has 1 fully saturated rings. The lowest BCUT2D eigenvalue weighted by Gasteiger charge is -2.03. The Balaban J connectivity index is 2.25. The fourth-order valence-electron chi connectivity index (χ4n) is 1.28. The van der Waals surface area contributed by atoms with E-state index in [1.807, 2.05) is 30.3 Å². The van der Waals surface area contributed by atoms with Gasteiger partial charge in [0.25, 0.3) is 0 Å². The number of nitrogens with two attached hydrogens (primary N) is 1. The number of hydrogen-bond acceptors (Lipinski definition) is 4. The Morgan fingerprint density at radius 1 is 1.36 bits per heavy atom. The minimum Gasteiger partial charge on any atom is -0.321 e. The van der Waals surface area contributed by atoms with Crippen LogP contribution in [0.4, 0.5) is 0 Å². The highest BCUT2D eigenvalue weighted by atomic mass is 32.2. The highest BCUT2D eigenvalue weighted by molar-refractivity contribution is 8.15. The number of thioether (sulfide) groups is 1. The highest BCUT2D eigenvalue weighted by Gasteiger charge is 2.31. The molecule has 2 rings (SSSR count). The zero-order chi connectivity index (χ0) is 9.97. The van der Waals surface area contributed by atoms with Gasteiger partial charge in [-0.25, -0.2) is 0 Å². The number of rotatable bonds is 1. The number of amides is 1. The third kappa shape index (κ3) is 1.58. The van der Waals surface area contributed by atoms with Crippen LogP contribution >= 0.6 is 11.8 Å². The summed E-state index contributed by atoms with van der Waals surface area (Å²) in [6, 6.07) is 9.55. The van der Waals surface area contributed by atoms with Crippen molar-refractivity contribution in [3.05, 3.63) is 35.9 Å². The van der Waals surface area contributed by atoms with Gasteiger partial charge in [-0.3, -0.25) is 4.79 Å². The Bertz CT molecular complexity index is 377. The number of hydrogen-bond donors (Lipinski definition) is 2. The van der Waals surface area contributed by atoms with Crippen molar-refractivity contribution in [2.75, 3.05) is 0 Å². The van der Waals surface area contributed by atoms with Crippen molar-refractivity contribution in [2.45, 2.75) is 5.25 Å². The molecule has 1 aliphatic heterocycles. The molecule has 0 aliphatic carbocycles. The summed E-state index contributed by atoms with van der Waals surface area (Å²) in [5, 5.41) is 6.31. The molecule has 3 N–H and O–H groups in total. The fraction of sp³-hybridized carbons (Fsp3) is 0.111. The fourth-order valence-corrected chi connectivity index (χ4v) is 2.18. The van der Waals surface area contributed by atoms with Crippen LogP contribution in [0, 0.1) is 0 Å². The summed E-state index contributed by atoms with van der Waals surface area (Å²) in [5.41, 5.74) is 0.966. The van der Waals surface area contributed by atoms with Gasteiger partial charge in [-0.05, 0) is 5.56 Å². The first kappa shape index (κ1) is 9.08. The van der Waals surface area contributed by atoms with E-state index >= 15 is 0 Å². The van der Waals surface area contributed by atoms with E-state index in [9.17, 15) is 4.79 Å². The van der Waals surface area contributed by atoms with Gasteiger partial charge < -0.3 is 11.2 Å². The Kier molecular flexibility index (Phi) is 2.41. The molecule has 0 spiro atoms. The summed E-state index contributed by atoms with van der Waals surface area (Å²) in [5.74, 6) is 5.02. The standard InChI is InChI=1S/C9H9N3OS/c10-12-9-11-8(13)7(14-9)6-4-2-1-3-5-6/h1-5,7H,10H2,(H,11,12,13)/t7-/m0/s1. The van der Waals surface area contributed by atoms with Crippen molar-refractivity contribution in [1.29, 1.82) is 0 Å². The van der Waals surface area contributed by atoms with E-state index in [1.54, 1.807) is 0 Å². The van der Waals surface area contributed by atoms with E-state index in [-0.39, 0.29) is 11.2 Å². The molecule has 1 aliphatic rings. The van der Waals surface area contributed by atoms with Gasteiger partial charge in [0.2, 0.25) is 5.91 Å². The lowest BCUT2D eigenvalue weighted by atomic mass is 10.1. The Morgan fingerprint density at radius 2 is 2.07 bits per heavy atom. The Morgan fingerprint density at radius 3 is 2.64 bits per heavy atom. The maximum Gasteiger partial charge on any atom is 0.244 e. The maximum absolute atomic E-state index is 11.5. The zero-order valence-corrected chi connectivity index (χ0v) is 8.12. The van der Waals surface area contributed by atoms with Crippen LogP contribution in [0.15, 0.2) is 35.4 Å². The summed E-state index contributed by atoms with van der Waals surface area (Å²) < 4.78 is 0. The normalized spacial score (nSPS) is 23.9. The summed E-state index contributed by atoms with van der Waals surface area (Å²) in [6.07, 6.45) is 0. The van der Waals surface area contributed by atoms with E-state index in [4.69, 9.17) is 5.84 Å². The zero-order valence-electron chi connectivity index (χ0n) is 7.31. The predicted octanol–water partition coefficient (Wildman–Crippen LogP) is 0.820. The lowest BCUT2D eigenvalue weighted by molar-refractivity contribution is -0.118. The molecule has 0 unspecified atom stereocenters. The molecule has 0 aromatic heterocycles. The lowest BCUT2D eigenvalue weighted by Crippen LogP contribution is -2.22. The minimum atomic E-state index is -0.224. The van der Waals surface area contributed by atoms with Crippen molar-refractivity contribution in [1.82, 2.24) is 5.32 Å². The SMILES string of the molecule is N/N=C1\NC(=O)[C@H](c2ccccc2)S1. The number of amidine groups is 1. The van der Waals surface area contributed by atoms with Crippen molar-refractivity contribution in [3.63, 3.8) is 0 Å². The van der Waals surface area contributed by atoms with E-state index < -0.39 is 0 Å². The summed E-state index contributed by atoms with van der Waals surface area (Å²) in [6.45, 7) is 0. The number of nitrogens with one attached hydrogen (secondary N) is 1. The summed E-state index contributed by atoms with van der Waals surface area (Å²) in [4.78, 5) is 11.5. The molecule has 1 atom stereocenters. The average Bonchev–Trinajstić information content (AvgIpc) is 2.61. The van der Waals surface area contributed by atoms with Crippen molar-refractivity contribution in [3.8, 4) is 0 Å². The largest absolute Gasteiger partial charge is 0.321 e. The molecule has 1 aromatic carbocycles. The summed E-state index contributed by atoms with van der Waals surface area (Å²) in [7, 11) is 0.